The van der Waals surface area contributed by atoms with Crippen LogP contribution in [-0.2, 0) is 58.1 Å². The Kier molecular flexibility index (Phi) is 25.3. The number of amides is 2. The lowest BCUT2D eigenvalue weighted by atomic mass is 9.76. The Hall–Kier alpha value is -5.36. The second-order valence-electron chi connectivity index (χ2n) is 23.0. The van der Waals surface area contributed by atoms with E-state index in [1.807, 2.05) is 36.4 Å². The lowest BCUT2D eigenvalue weighted by Crippen LogP contribution is -2.53. The number of likely N-dealkylation sites (tertiary alicyclic amines) is 2. The third-order valence-electron chi connectivity index (χ3n) is 17.1. The van der Waals surface area contributed by atoms with Gasteiger partial charge in [0.1, 0.15) is 13.2 Å². The van der Waals surface area contributed by atoms with Crippen molar-refractivity contribution in [3.63, 3.8) is 0 Å². The normalized spacial score (nSPS) is 19.9. The maximum absolute atomic E-state index is 13.5. The molecule has 4 saturated heterocycles. The van der Waals surface area contributed by atoms with Crippen LogP contribution in [0.2, 0.25) is 20.1 Å². The molecule has 6 aromatic rings. The van der Waals surface area contributed by atoms with E-state index < -0.39 is 83.1 Å². The zero-order chi connectivity index (χ0) is 63.4. The highest BCUT2D eigenvalue weighted by Crippen LogP contribution is 2.43. The second-order valence-corrected chi connectivity index (χ2v) is 24.6. The van der Waals surface area contributed by atoms with Gasteiger partial charge in [-0.15, -0.1) is 24.8 Å². The van der Waals surface area contributed by atoms with Crippen molar-refractivity contribution in [2.45, 2.75) is 99.0 Å². The molecule has 2 amide bonds. The van der Waals surface area contributed by atoms with Crippen LogP contribution >= 0.6 is 71.2 Å². The zero-order valence-electron chi connectivity index (χ0n) is 48.4. The summed E-state index contributed by atoms with van der Waals surface area (Å²) in [5, 5.41) is 1.20. The monoisotopic (exact) mass is 1410 g/mol. The summed E-state index contributed by atoms with van der Waals surface area (Å²) in [7, 11) is 0. The summed E-state index contributed by atoms with van der Waals surface area (Å²) in [4.78, 5) is 32.7. The number of ether oxygens (including phenoxy) is 2. The van der Waals surface area contributed by atoms with Crippen molar-refractivity contribution in [1.29, 1.82) is 0 Å². The van der Waals surface area contributed by atoms with E-state index in [1.54, 1.807) is 36.4 Å². The van der Waals surface area contributed by atoms with Gasteiger partial charge in [-0.05, 0) is 184 Å². The first-order chi connectivity index (χ1) is 41.5. The van der Waals surface area contributed by atoms with Gasteiger partial charge in [-0.1, -0.05) is 119 Å². The van der Waals surface area contributed by atoms with E-state index in [-0.39, 0.29) is 89.9 Å². The Bertz CT molecular complexity index is 3120. The molecule has 0 radical (unpaired) electrons. The SMILES string of the molecule is Cl.Cl.O.O=C1OCC(CCN2CCC(c3ccccc3)CC2)(c2ccc(Cl)c(Cl)c2)CN1Cc1cc(C(F)(F)F)cc(C(F)(F)F)c1.O=C1OCC(CCN2CCC(c3ccccc3)CC2)(c2ccc(Cl)c(Cl)c2)CN1Cc1cc(C(F)(F)F)cc(C(F)(F)F)c1. The molecule has 4 aliphatic heterocycles. The number of carbonyl (C=O) groups is 2. The number of rotatable bonds is 14. The number of benzene rings is 6. The van der Waals surface area contributed by atoms with Gasteiger partial charge in [0, 0.05) is 37.0 Å². The van der Waals surface area contributed by atoms with E-state index in [0.717, 1.165) is 61.7 Å². The molecule has 0 aliphatic carbocycles. The average molecular weight is 1410 g/mol. The number of carbonyl (C=O) groups excluding carboxylic acids is 2. The topological polar surface area (TPSA) is 97.1 Å². The number of piperidine rings is 2. The molecule has 4 fully saturated rings. The third kappa shape index (κ3) is 19.0. The summed E-state index contributed by atoms with van der Waals surface area (Å²) in [6, 6.07) is 33.4. The summed E-state index contributed by atoms with van der Waals surface area (Å²) in [5.74, 6) is 0.910. The molecule has 2 unspecified atom stereocenters. The predicted molar refractivity (Wildman–Crippen MR) is 330 cm³/mol. The van der Waals surface area contributed by atoms with Gasteiger partial charge >= 0.3 is 36.9 Å². The van der Waals surface area contributed by atoms with E-state index in [9.17, 15) is 62.3 Å². The van der Waals surface area contributed by atoms with Crippen LogP contribution in [0.5, 0.6) is 0 Å². The molecule has 6 aromatic carbocycles. The first-order valence-corrected chi connectivity index (χ1v) is 29.8. The van der Waals surface area contributed by atoms with Crippen molar-refractivity contribution in [1.82, 2.24) is 19.6 Å². The molecule has 496 valence electrons. The molecule has 0 aromatic heterocycles. The molecule has 27 heteroatoms. The maximum atomic E-state index is 13.5. The quantitative estimate of drug-likeness (QED) is 0.101. The smallest absolute Gasteiger partial charge is 0.416 e. The van der Waals surface area contributed by atoms with Crippen molar-refractivity contribution in [3.8, 4) is 0 Å². The van der Waals surface area contributed by atoms with Crippen LogP contribution in [0.3, 0.4) is 0 Å². The van der Waals surface area contributed by atoms with Crippen LogP contribution in [0.1, 0.15) is 106 Å². The Balaban J connectivity index is 0.000000280. The van der Waals surface area contributed by atoms with Gasteiger partial charge in [0.15, 0.2) is 0 Å². The molecule has 10 rings (SSSR count). The van der Waals surface area contributed by atoms with Gasteiger partial charge in [-0.2, -0.15) is 52.7 Å². The molecule has 9 nitrogen and oxygen atoms in total. The van der Waals surface area contributed by atoms with Crippen LogP contribution in [0.25, 0.3) is 0 Å². The fraction of sp³-hybridized carbons (Fsp3) is 0.406. The first-order valence-electron chi connectivity index (χ1n) is 28.3. The molecule has 2 N–H and O–H groups in total. The Labute approximate surface area is 550 Å². The lowest BCUT2D eigenvalue weighted by molar-refractivity contribution is -0.144. The molecule has 0 bridgehead atoms. The van der Waals surface area contributed by atoms with Crippen LogP contribution < -0.4 is 0 Å². The van der Waals surface area contributed by atoms with Crippen molar-refractivity contribution >= 4 is 83.4 Å². The highest BCUT2D eigenvalue weighted by atomic mass is 35.5. The minimum Gasteiger partial charge on any atom is -0.448 e. The second kappa shape index (κ2) is 30.8. The van der Waals surface area contributed by atoms with Gasteiger partial charge in [0.25, 0.3) is 0 Å². The van der Waals surface area contributed by atoms with Gasteiger partial charge < -0.3 is 34.5 Å². The van der Waals surface area contributed by atoms with Gasteiger partial charge in [0.05, 0.1) is 42.3 Å². The molecular weight excluding hydrogens is 1350 g/mol. The van der Waals surface area contributed by atoms with Crippen molar-refractivity contribution < 1.29 is 77.2 Å². The number of nitrogens with zero attached hydrogens (tertiary/aromatic N) is 4. The highest BCUT2D eigenvalue weighted by Gasteiger charge is 2.46. The summed E-state index contributed by atoms with van der Waals surface area (Å²) in [6.07, 6.45) is -16.8. The van der Waals surface area contributed by atoms with Gasteiger partial charge in [0.2, 0.25) is 0 Å². The zero-order valence-corrected chi connectivity index (χ0v) is 53.0. The van der Waals surface area contributed by atoms with Crippen LogP contribution in [0.15, 0.2) is 133 Å². The van der Waals surface area contributed by atoms with Crippen LogP contribution in [0.4, 0.5) is 62.3 Å². The lowest BCUT2D eigenvalue weighted by Gasteiger charge is -2.44. The van der Waals surface area contributed by atoms with E-state index in [1.165, 1.54) is 11.1 Å². The summed E-state index contributed by atoms with van der Waals surface area (Å²) < 4.78 is 173. The molecule has 0 saturated carbocycles. The number of alkyl halides is 12. The minimum absolute atomic E-state index is 0. The van der Waals surface area contributed by atoms with E-state index in [2.05, 4.69) is 34.1 Å². The highest BCUT2D eigenvalue weighted by molar-refractivity contribution is 6.42. The predicted octanol–water partition coefficient (Wildman–Crippen LogP) is 18.4. The summed E-state index contributed by atoms with van der Waals surface area (Å²) in [6.45, 7) is 3.61. The van der Waals surface area contributed by atoms with Crippen molar-refractivity contribution in [2.75, 3.05) is 65.6 Å². The van der Waals surface area contributed by atoms with Crippen molar-refractivity contribution in [3.05, 3.63) is 209 Å². The molecule has 91 heavy (non-hydrogen) atoms. The largest absolute Gasteiger partial charge is 0.448 e. The standard InChI is InChI=1S/2C32H30Cl2F6N2O2.2ClH.H2O/c2*33-27-7-6-24(17-28(27)34)30(10-13-41-11-8-23(9-12-41)22-4-2-1-3-5-22)19-42(29(43)44-20-30)18-21-14-25(31(35,36)37)16-26(15-21)32(38,39)40;;;/h2*1-7,14-17,23H,8-13,18-20H2;2*1H;1H2. The summed E-state index contributed by atoms with van der Waals surface area (Å²) in [5.41, 5.74) is -4.04. The summed E-state index contributed by atoms with van der Waals surface area (Å²) >= 11 is 25.1. The minimum atomic E-state index is -5.00. The molecular formula is C64H64Cl6F12N4O5. The number of hydrogen-bond donors (Lipinski definition) is 0. The van der Waals surface area contributed by atoms with E-state index in [0.29, 0.717) is 83.2 Å². The molecule has 4 aliphatic rings. The van der Waals surface area contributed by atoms with Crippen LogP contribution in [-0.4, -0.2) is 103 Å². The number of hydrogen-bond acceptors (Lipinski definition) is 6. The van der Waals surface area contributed by atoms with E-state index in [4.69, 9.17) is 55.9 Å². The third-order valence-corrected chi connectivity index (χ3v) is 18.6. The fourth-order valence-electron chi connectivity index (χ4n) is 12.2. The fourth-order valence-corrected chi connectivity index (χ4v) is 12.8. The Morgan fingerprint density at radius 3 is 1.02 bits per heavy atom. The number of cyclic esters (lactones) is 2. The number of halogens is 18. The molecule has 0 spiro atoms. The average Bonchev–Trinajstić information content (AvgIpc) is 0.886. The molecule has 4 heterocycles. The van der Waals surface area contributed by atoms with Gasteiger partial charge in [-0.25, -0.2) is 9.59 Å². The maximum Gasteiger partial charge on any atom is 0.416 e. The molecule has 2 atom stereocenters. The van der Waals surface area contributed by atoms with Gasteiger partial charge in [-0.3, -0.25) is 0 Å². The Morgan fingerprint density at radius 1 is 0.429 bits per heavy atom. The Morgan fingerprint density at radius 2 is 0.736 bits per heavy atom. The van der Waals surface area contributed by atoms with Crippen LogP contribution in [0, 0.1) is 0 Å². The van der Waals surface area contributed by atoms with Crippen molar-refractivity contribution in [2.24, 2.45) is 0 Å². The first kappa shape index (κ1) is 74.7. The van der Waals surface area contributed by atoms with E-state index >= 15 is 0 Å².